The van der Waals surface area contributed by atoms with Crippen LogP contribution in [0.3, 0.4) is 0 Å². The van der Waals surface area contributed by atoms with Crippen LogP contribution in [0.15, 0.2) is 24.3 Å². The molecule has 1 N–H and O–H groups in total. The van der Waals surface area contributed by atoms with Crippen LogP contribution < -0.4 is 4.74 Å². The van der Waals surface area contributed by atoms with E-state index in [0.717, 1.165) is 11.3 Å². The fourth-order valence-corrected chi connectivity index (χ4v) is 2.19. The second-order valence-electron chi connectivity index (χ2n) is 4.48. The molecule has 2 aromatic rings. The van der Waals surface area contributed by atoms with Crippen molar-refractivity contribution < 1.29 is 14.6 Å². The van der Waals surface area contributed by atoms with Crippen LogP contribution in [0.1, 0.15) is 33.1 Å². The minimum Gasteiger partial charge on any atom is -0.496 e. The highest BCUT2D eigenvalue weighted by atomic mass is 16.5. The Hall–Kier alpha value is -2.43. The normalized spacial score (nSPS) is 10.3. The zero-order valence-corrected chi connectivity index (χ0v) is 11.7. The Labute approximate surface area is 117 Å². The van der Waals surface area contributed by atoms with Crippen molar-refractivity contribution in [3.63, 3.8) is 0 Å². The lowest BCUT2D eigenvalue weighted by Crippen LogP contribution is -2.10. The van der Waals surface area contributed by atoms with Crippen LogP contribution in [-0.2, 0) is 6.42 Å². The van der Waals surface area contributed by atoms with E-state index in [0.29, 0.717) is 23.6 Å². The minimum atomic E-state index is -0.996. The van der Waals surface area contributed by atoms with Gasteiger partial charge in [-0.1, -0.05) is 18.2 Å². The molecule has 104 valence electrons. The maximum atomic E-state index is 11.1. The molecule has 0 atom stereocenters. The van der Waals surface area contributed by atoms with Gasteiger partial charge in [-0.05, 0) is 19.9 Å². The molecule has 1 aromatic carbocycles. The van der Waals surface area contributed by atoms with Gasteiger partial charge in [-0.2, -0.15) is 0 Å². The van der Waals surface area contributed by atoms with Gasteiger partial charge in [0.05, 0.1) is 18.5 Å². The van der Waals surface area contributed by atoms with Crippen molar-refractivity contribution in [2.75, 3.05) is 7.11 Å². The summed E-state index contributed by atoms with van der Waals surface area (Å²) in [4.78, 5) is 19.7. The van der Waals surface area contributed by atoms with E-state index in [9.17, 15) is 4.79 Å². The number of hydrogen-bond acceptors (Lipinski definition) is 4. The van der Waals surface area contributed by atoms with Gasteiger partial charge >= 0.3 is 5.97 Å². The quantitative estimate of drug-likeness (QED) is 0.925. The SMILES string of the molecule is COc1ccccc1Cc1nc(C)c(C(=O)O)c(C)n1. The van der Waals surface area contributed by atoms with Crippen molar-refractivity contribution in [3.8, 4) is 5.75 Å². The number of aryl methyl sites for hydroxylation is 2. The highest BCUT2D eigenvalue weighted by Crippen LogP contribution is 2.20. The summed E-state index contributed by atoms with van der Waals surface area (Å²) in [5.74, 6) is 0.368. The molecule has 0 bridgehead atoms. The molecule has 0 saturated heterocycles. The first-order chi connectivity index (χ1) is 9.52. The lowest BCUT2D eigenvalue weighted by molar-refractivity contribution is 0.0694. The Morgan fingerprint density at radius 3 is 2.35 bits per heavy atom. The predicted molar refractivity (Wildman–Crippen MR) is 74.3 cm³/mol. The van der Waals surface area contributed by atoms with Crippen molar-refractivity contribution in [3.05, 3.63) is 52.6 Å². The number of methoxy groups -OCH3 is 1. The van der Waals surface area contributed by atoms with Gasteiger partial charge in [-0.3, -0.25) is 0 Å². The molecule has 2 rings (SSSR count). The van der Waals surface area contributed by atoms with Crippen LogP contribution in [0.25, 0.3) is 0 Å². The molecule has 0 aliphatic heterocycles. The molecule has 0 spiro atoms. The Kier molecular flexibility index (Phi) is 3.98. The van der Waals surface area contributed by atoms with E-state index in [1.54, 1.807) is 21.0 Å². The highest BCUT2D eigenvalue weighted by molar-refractivity contribution is 5.89. The maximum absolute atomic E-state index is 11.1. The lowest BCUT2D eigenvalue weighted by Gasteiger charge is -2.10. The third-order valence-corrected chi connectivity index (χ3v) is 3.07. The molecule has 5 heteroatoms. The van der Waals surface area contributed by atoms with Gasteiger partial charge in [0.15, 0.2) is 0 Å². The second kappa shape index (κ2) is 5.69. The fraction of sp³-hybridized carbons (Fsp3) is 0.267. The Morgan fingerprint density at radius 1 is 1.20 bits per heavy atom. The highest BCUT2D eigenvalue weighted by Gasteiger charge is 2.15. The van der Waals surface area contributed by atoms with E-state index in [2.05, 4.69) is 9.97 Å². The average Bonchev–Trinajstić information content (AvgIpc) is 2.38. The first kappa shape index (κ1) is 14.0. The minimum absolute atomic E-state index is 0.175. The standard InChI is InChI=1S/C15H16N2O3/c1-9-14(15(18)19)10(2)17-13(16-9)8-11-6-4-5-7-12(11)20-3/h4-7H,8H2,1-3H3,(H,18,19). The molecule has 0 fully saturated rings. The first-order valence-corrected chi connectivity index (χ1v) is 6.22. The summed E-state index contributed by atoms with van der Waals surface area (Å²) in [6.45, 7) is 3.37. The molecular weight excluding hydrogens is 256 g/mol. The largest absolute Gasteiger partial charge is 0.496 e. The van der Waals surface area contributed by atoms with E-state index in [4.69, 9.17) is 9.84 Å². The molecule has 0 aliphatic carbocycles. The number of nitrogens with zero attached hydrogens (tertiary/aromatic N) is 2. The Bertz CT molecular complexity index is 630. The van der Waals surface area contributed by atoms with E-state index in [1.807, 2.05) is 24.3 Å². The van der Waals surface area contributed by atoms with Crippen LogP contribution >= 0.6 is 0 Å². The number of carboxylic acids is 1. The summed E-state index contributed by atoms with van der Waals surface area (Å²) in [5, 5.41) is 9.11. The number of benzene rings is 1. The van der Waals surface area contributed by atoms with Crippen LogP contribution in [0.4, 0.5) is 0 Å². The molecule has 0 aliphatic rings. The third-order valence-electron chi connectivity index (χ3n) is 3.07. The van der Waals surface area contributed by atoms with Crippen LogP contribution in [0, 0.1) is 13.8 Å². The van der Waals surface area contributed by atoms with Crippen LogP contribution in [0.2, 0.25) is 0 Å². The molecule has 0 radical (unpaired) electrons. The number of aromatic carboxylic acids is 1. The number of hydrogen-bond donors (Lipinski definition) is 1. The summed E-state index contributed by atoms with van der Waals surface area (Å²) >= 11 is 0. The van der Waals surface area contributed by atoms with Crippen LogP contribution in [-0.4, -0.2) is 28.2 Å². The summed E-state index contributed by atoms with van der Waals surface area (Å²) in [7, 11) is 1.61. The van der Waals surface area contributed by atoms with Crippen molar-refractivity contribution in [1.29, 1.82) is 0 Å². The molecule has 1 heterocycles. The number of carboxylic acid groups (broad SMARTS) is 1. The summed E-state index contributed by atoms with van der Waals surface area (Å²) < 4.78 is 5.29. The van der Waals surface area contributed by atoms with Crippen molar-refractivity contribution >= 4 is 5.97 Å². The van der Waals surface area contributed by atoms with Crippen molar-refractivity contribution in [1.82, 2.24) is 9.97 Å². The zero-order chi connectivity index (χ0) is 14.7. The Morgan fingerprint density at radius 2 is 1.80 bits per heavy atom. The summed E-state index contributed by atoms with van der Waals surface area (Å²) in [6.07, 6.45) is 0.506. The number of carbonyl (C=O) groups is 1. The number of ether oxygens (including phenoxy) is 1. The molecule has 1 aromatic heterocycles. The number of rotatable bonds is 4. The first-order valence-electron chi connectivity index (χ1n) is 6.22. The second-order valence-corrected chi connectivity index (χ2v) is 4.48. The van der Waals surface area contributed by atoms with E-state index in [1.165, 1.54) is 0 Å². The van der Waals surface area contributed by atoms with Gasteiger partial charge in [-0.25, -0.2) is 14.8 Å². The van der Waals surface area contributed by atoms with Gasteiger partial charge in [0.25, 0.3) is 0 Å². The van der Waals surface area contributed by atoms with Gasteiger partial charge in [0.1, 0.15) is 17.1 Å². The molecule has 20 heavy (non-hydrogen) atoms. The van der Waals surface area contributed by atoms with Gasteiger partial charge in [0.2, 0.25) is 0 Å². The van der Waals surface area contributed by atoms with E-state index in [-0.39, 0.29) is 5.56 Å². The predicted octanol–water partition coefficient (Wildman–Crippen LogP) is 2.39. The average molecular weight is 272 g/mol. The monoisotopic (exact) mass is 272 g/mol. The zero-order valence-electron chi connectivity index (χ0n) is 11.7. The number of para-hydroxylation sites is 1. The smallest absolute Gasteiger partial charge is 0.339 e. The van der Waals surface area contributed by atoms with Crippen LogP contribution in [0.5, 0.6) is 5.75 Å². The molecule has 0 amide bonds. The van der Waals surface area contributed by atoms with Crippen molar-refractivity contribution in [2.24, 2.45) is 0 Å². The lowest BCUT2D eigenvalue weighted by atomic mass is 10.1. The summed E-state index contributed by atoms with van der Waals surface area (Å²) in [6, 6.07) is 7.63. The Balaban J connectivity index is 2.38. The summed E-state index contributed by atoms with van der Waals surface area (Å²) in [5.41, 5.74) is 2.11. The topological polar surface area (TPSA) is 72.3 Å². The van der Waals surface area contributed by atoms with Gasteiger partial charge in [-0.15, -0.1) is 0 Å². The maximum Gasteiger partial charge on any atom is 0.339 e. The van der Waals surface area contributed by atoms with Crippen molar-refractivity contribution in [2.45, 2.75) is 20.3 Å². The molecular formula is C15H16N2O3. The van der Waals surface area contributed by atoms with Gasteiger partial charge < -0.3 is 9.84 Å². The van der Waals surface area contributed by atoms with Gasteiger partial charge in [0, 0.05) is 12.0 Å². The van der Waals surface area contributed by atoms with E-state index >= 15 is 0 Å². The molecule has 0 saturated carbocycles. The molecule has 0 unspecified atom stereocenters. The fourth-order valence-electron chi connectivity index (χ4n) is 2.19. The van der Waals surface area contributed by atoms with E-state index < -0.39 is 5.97 Å². The molecule has 5 nitrogen and oxygen atoms in total. The number of aromatic nitrogens is 2. The third kappa shape index (κ3) is 2.77.